The molecule has 0 spiro atoms. The summed E-state index contributed by atoms with van der Waals surface area (Å²) in [6.45, 7) is -0.622. The van der Waals surface area contributed by atoms with Crippen LogP contribution in [-0.4, -0.2) is 36.8 Å². The zero-order chi connectivity index (χ0) is 26.5. The van der Waals surface area contributed by atoms with E-state index < -0.39 is 23.6 Å². The summed E-state index contributed by atoms with van der Waals surface area (Å²) in [6, 6.07) is 9.70. The summed E-state index contributed by atoms with van der Waals surface area (Å²) in [5.41, 5.74) is 9.03. The largest absolute Gasteiger partial charge is 0.483 e. The van der Waals surface area contributed by atoms with Gasteiger partial charge in [-0.3, -0.25) is 40.9 Å². The Labute approximate surface area is 233 Å². The van der Waals surface area contributed by atoms with Crippen LogP contribution in [0.4, 0.5) is 0 Å². The van der Waals surface area contributed by atoms with Gasteiger partial charge in [0.15, 0.2) is 13.2 Å². The Morgan fingerprint density at radius 1 is 0.639 bits per heavy atom. The molecular weight excluding hydrogens is 647 g/mol. The van der Waals surface area contributed by atoms with Crippen LogP contribution in [0.3, 0.4) is 0 Å². The maximum atomic E-state index is 11.8. The van der Waals surface area contributed by atoms with Crippen molar-refractivity contribution in [2.75, 3.05) is 13.2 Å². The van der Waals surface area contributed by atoms with E-state index in [4.69, 9.17) is 32.7 Å². The van der Waals surface area contributed by atoms with E-state index in [1.165, 1.54) is 0 Å². The first-order chi connectivity index (χ1) is 17.1. The molecule has 0 aromatic heterocycles. The maximum Gasteiger partial charge on any atom is 0.276 e. The molecule has 0 aliphatic heterocycles. The van der Waals surface area contributed by atoms with Gasteiger partial charge in [-0.25, -0.2) is 0 Å². The molecule has 0 aliphatic rings. The summed E-state index contributed by atoms with van der Waals surface area (Å²) in [5.74, 6) is -1.08. The molecule has 0 unspecified atom stereocenters. The average Bonchev–Trinajstić information content (AvgIpc) is 2.83. The number of hydrazine groups is 2. The second-order valence-electron chi connectivity index (χ2n) is 7.13. The van der Waals surface area contributed by atoms with E-state index in [1.807, 2.05) is 0 Å². The number of nitrogens with one attached hydrogen (secondary N) is 4. The van der Waals surface area contributed by atoms with E-state index in [9.17, 15) is 19.2 Å². The molecule has 194 valence electrons. The molecule has 2 rings (SSSR count). The molecule has 2 aromatic carbocycles. The third-order valence-corrected chi connectivity index (χ3v) is 5.96. The van der Waals surface area contributed by atoms with Crippen LogP contribution in [0, 0.1) is 0 Å². The predicted molar refractivity (Wildman–Crippen MR) is 140 cm³/mol. The van der Waals surface area contributed by atoms with Crippen LogP contribution in [0.15, 0.2) is 45.3 Å². The fourth-order valence-electron chi connectivity index (χ4n) is 2.52. The van der Waals surface area contributed by atoms with E-state index in [-0.39, 0.29) is 26.1 Å². The van der Waals surface area contributed by atoms with Crippen molar-refractivity contribution >= 4 is 78.7 Å². The highest BCUT2D eigenvalue weighted by Gasteiger charge is 2.10. The summed E-state index contributed by atoms with van der Waals surface area (Å²) in [4.78, 5) is 47.3. The van der Waals surface area contributed by atoms with Crippen LogP contribution in [0.2, 0.25) is 10.0 Å². The van der Waals surface area contributed by atoms with Gasteiger partial charge in [-0.2, -0.15) is 0 Å². The van der Waals surface area contributed by atoms with Crippen molar-refractivity contribution in [3.05, 3.63) is 55.4 Å². The summed E-state index contributed by atoms with van der Waals surface area (Å²) in [5, 5.41) is 1.03. The standard InChI is InChI=1S/C22H22Br2Cl2N4O6/c23-15-9-13(25)5-7-17(15)35-11-21(33)29-27-19(31)3-1-2-4-20(32)28-30-22(34)12-36-18-8-6-14(26)10-16(18)24/h5-10H,1-4,11-12H2,(H,27,31)(H,28,32)(H,29,33)(H,30,34). The van der Waals surface area contributed by atoms with Crippen LogP contribution in [-0.2, 0) is 19.2 Å². The molecule has 4 amide bonds. The Bertz CT molecular complexity index is 1020. The second-order valence-corrected chi connectivity index (χ2v) is 9.71. The third-order valence-electron chi connectivity index (χ3n) is 4.25. The number of halogens is 4. The van der Waals surface area contributed by atoms with Crippen LogP contribution < -0.4 is 31.2 Å². The lowest BCUT2D eigenvalue weighted by molar-refractivity contribution is -0.130. The fourth-order valence-corrected chi connectivity index (χ4v) is 4.11. The number of hydrogen-bond acceptors (Lipinski definition) is 6. The molecule has 0 bridgehead atoms. The van der Waals surface area contributed by atoms with Crippen molar-refractivity contribution < 1.29 is 28.7 Å². The molecule has 0 radical (unpaired) electrons. The molecule has 0 saturated heterocycles. The smallest absolute Gasteiger partial charge is 0.276 e. The van der Waals surface area contributed by atoms with Crippen LogP contribution in [0.1, 0.15) is 25.7 Å². The van der Waals surface area contributed by atoms with E-state index in [0.717, 1.165) is 0 Å². The SMILES string of the molecule is O=C(CCCCC(=O)NNC(=O)COc1ccc(Cl)cc1Br)NNC(=O)COc1ccc(Cl)cc1Br. The van der Waals surface area contributed by atoms with Gasteiger partial charge in [0.25, 0.3) is 11.8 Å². The molecule has 36 heavy (non-hydrogen) atoms. The molecule has 4 N–H and O–H groups in total. The Morgan fingerprint density at radius 2 is 1.00 bits per heavy atom. The molecule has 0 atom stereocenters. The molecule has 0 heterocycles. The molecular formula is C22H22Br2Cl2N4O6. The highest BCUT2D eigenvalue weighted by molar-refractivity contribution is 9.10. The first-order valence-electron chi connectivity index (χ1n) is 10.4. The van der Waals surface area contributed by atoms with E-state index in [2.05, 4.69) is 53.6 Å². The molecule has 0 saturated carbocycles. The number of carbonyl (C=O) groups is 4. The number of benzene rings is 2. The quantitative estimate of drug-likeness (QED) is 0.212. The average molecular weight is 669 g/mol. The first-order valence-corrected chi connectivity index (χ1v) is 12.8. The maximum absolute atomic E-state index is 11.8. The molecule has 14 heteroatoms. The van der Waals surface area contributed by atoms with Crippen molar-refractivity contribution in [1.29, 1.82) is 0 Å². The summed E-state index contributed by atoms with van der Waals surface area (Å²) < 4.78 is 11.9. The van der Waals surface area contributed by atoms with Gasteiger partial charge in [0.2, 0.25) is 11.8 Å². The zero-order valence-electron chi connectivity index (χ0n) is 18.7. The number of amides is 4. The van der Waals surface area contributed by atoms with Gasteiger partial charge in [0, 0.05) is 22.9 Å². The van der Waals surface area contributed by atoms with Gasteiger partial charge in [-0.05, 0) is 81.1 Å². The van der Waals surface area contributed by atoms with Crippen LogP contribution >= 0.6 is 55.1 Å². The van der Waals surface area contributed by atoms with Crippen LogP contribution in [0.25, 0.3) is 0 Å². The lowest BCUT2D eigenvalue weighted by Crippen LogP contribution is -2.44. The highest BCUT2D eigenvalue weighted by Crippen LogP contribution is 2.28. The number of carbonyl (C=O) groups excluding carboxylic acids is 4. The lowest BCUT2D eigenvalue weighted by atomic mass is 10.2. The molecule has 10 nitrogen and oxygen atoms in total. The Morgan fingerprint density at radius 3 is 1.36 bits per heavy atom. The summed E-state index contributed by atoms with van der Waals surface area (Å²) in [7, 11) is 0. The lowest BCUT2D eigenvalue weighted by Gasteiger charge is -2.10. The van der Waals surface area contributed by atoms with Crippen molar-refractivity contribution in [2.24, 2.45) is 0 Å². The summed E-state index contributed by atoms with van der Waals surface area (Å²) >= 11 is 18.2. The van der Waals surface area contributed by atoms with E-state index in [1.54, 1.807) is 36.4 Å². The molecule has 0 fully saturated rings. The highest BCUT2D eigenvalue weighted by atomic mass is 79.9. The number of hydrogen-bond donors (Lipinski definition) is 4. The van der Waals surface area contributed by atoms with Crippen molar-refractivity contribution in [2.45, 2.75) is 25.7 Å². The van der Waals surface area contributed by atoms with Gasteiger partial charge in [0.05, 0.1) is 8.95 Å². The van der Waals surface area contributed by atoms with E-state index in [0.29, 0.717) is 43.3 Å². The van der Waals surface area contributed by atoms with Gasteiger partial charge < -0.3 is 9.47 Å². The monoisotopic (exact) mass is 666 g/mol. The molecule has 0 aliphatic carbocycles. The summed E-state index contributed by atoms with van der Waals surface area (Å²) in [6.07, 6.45) is 0.969. The van der Waals surface area contributed by atoms with Crippen LogP contribution in [0.5, 0.6) is 11.5 Å². The Hall–Kier alpha value is -2.54. The topological polar surface area (TPSA) is 135 Å². The number of ether oxygens (including phenoxy) is 2. The van der Waals surface area contributed by atoms with Crippen molar-refractivity contribution in [3.8, 4) is 11.5 Å². The Kier molecular flexibility index (Phi) is 12.8. The minimum absolute atomic E-state index is 0.0906. The first kappa shape index (κ1) is 29.7. The van der Waals surface area contributed by atoms with Crippen molar-refractivity contribution in [1.82, 2.24) is 21.7 Å². The van der Waals surface area contributed by atoms with Gasteiger partial charge in [0.1, 0.15) is 11.5 Å². The molecule has 2 aromatic rings. The Balaban J connectivity index is 1.52. The minimum Gasteiger partial charge on any atom is -0.483 e. The number of rotatable bonds is 11. The van der Waals surface area contributed by atoms with Gasteiger partial charge in [-0.15, -0.1) is 0 Å². The predicted octanol–water partition coefficient (Wildman–Crippen LogP) is 3.83. The van der Waals surface area contributed by atoms with Gasteiger partial charge >= 0.3 is 0 Å². The zero-order valence-corrected chi connectivity index (χ0v) is 23.4. The third kappa shape index (κ3) is 11.5. The number of unbranched alkanes of at least 4 members (excludes halogenated alkanes) is 1. The van der Waals surface area contributed by atoms with Gasteiger partial charge in [-0.1, -0.05) is 23.2 Å². The minimum atomic E-state index is -0.548. The second kappa shape index (κ2) is 15.5. The van der Waals surface area contributed by atoms with E-state index >= 15 is 0 Å². The van der Waals surface area contributed by atoms with Crippen molar-refractivity contribution in [3.63, 3.8) is 0 Å². The fraction of sp³-hybridized carbons (Fsp3) is 0.273. The normalized spacial score (nSPS) is 10.2.